The minimum atomic E-state index is 0.314. The Kier molecular flexibility index (Phi) is 4.53. The van der Waals surface area contributed by atoms with Crippen LogP contribution in [0.15, 0.2) is 34.1 Å². The van der Waals surface area contributed by atoms with E-state index >= 15 is 0 Å². The lowest BCUT2D eigenvalue weighted by atomic mass is 10.1. The fourth-order valence-electron chi connectivity index (χ4n) is 2.06. The molecule has 0 spiro atoms. The van der Waals surface area contributed by atoms with E-state index in [1.54, 1.807) is 11.3 Å². The first-order chi connectivity index (χ1) is 8.97. The molecule has 0 aliphatic heterocycles. The van der Waals surface area contributed by atoms with Crippen molar-refractivity contribution in [3.05, 3.63) is 44.6 Å². The summed E-state index contributed by atoms with van der Waals surface area (Å²) in [4.78, 5) is 3.48. The van der Waals surface area contributed by atoms with Gasteiger partial charge >= 0.3 is 0 Å². The molecule has 0 saturated carbocycles. The highest BCUT2D eigenvalue weighted by molar-refractivity contribution is 9.10. The number of hydrogen-bond donors (Lipinski definition) is 1. The van der Waals surface area contributed by atoms with E-state index in [0.29, 0.717) is 6.04 Å². The van der Waals surface area contributed by atoms with Crippen molar-refractivity contribution in [2.24, 2.45) is 0 Å². The molecular weight excluding hydrogens is 320 g/mol. The van der Waals surface area contributed by atoms with Crippen LogP contribution in [-0.2, 0) is 0 Å². The third kappa shape index (κ3) is 3.51. The van der Waals surface area contributed by atoms with Crippen LogP contribution in [0.4, 0.5) is 11.4 Å². The molecule has 0 aliphatic carbocycles. The summed E-state index contributed by atoms with van der Waals surface area (Å²) in [6.45, 7) is 4.33. The van der Waals surface area contributed by atoms with Gasteiger partial charge in [0.1, 0.15) is 0 Å². The summed E-state index contributed by atoms with van der Waals surface area (Å²) < 4.78 is 1.15. The Morgan fingerprint density at radius 1 is 1.26 bits per heavy atom. The van der Waals surface area contributed by atoms with Crippen LogP contribution in [0.1, 0.15) is 23.4 Å². The minimum Gasteiger partial charge on any atom is -0.378 e. The van der Waals surface area contributed by atoms with Crippen LogP contribution in [0, 0.1) is 6.92 Å². The summed E-state index contributed by atoms with van der Waals surface area (Å²) in [6.07, 6.45) is 0. The second-order valence-corrected chi connectivity index (χ2v) is 6.79. The lowest BCUT2D eigenvalue weighted by molar-refractivity contribution is 0.907. The first-order valence-corrected chi connectivity index (χ1v) is 7.93. The normalized spacial score (nSPS) is 12.3. The molecule has 0 radical (unpaired) electrons. The number of nitrogens with zero attached hydrogens (tertiary/aromatic N) is 1. The smallest absolute Gasteiger partial charge is 0.0578 e. The highest BCUT2D eigenvalue weighted by Gasteiger charge is 2.09. The number of anilines is 2. The molecule has 4 heteroatoms. The molecule has 0 aliphatic rings. The van der Waals surface area contributed by atoms with Crippen LogP contribution in [0.2, 0.25) is 0 Å². The van der Waals surface area contributed by atoms with Gasteiger partial charge in [0, 0.05) is 40.2 Å². The Morgan fingerprint density at radius 2 is 2.00 bits per heavy atom. The van der Waals surface area contributed by atoms with Crippen LogP contribution in [0.5, 0.6) is 0 Å². The Balaban J connectivity index is 2.17. The Labute approximate surface area is 127 Å². The first kappa shape index (κ1) is 14.4. The Morgan fingerprint density at radius 3 is 2.58 bits per heavy atom. The van der Waals surface area contributed by atoms with Gasteiger partial charge in [-0.05, 0) is 53.5 Å². The predicted octanol–water partition coefficient (Wildman–Crippen LogP) is 5.06. The van der Waals surface area contributed by atoms with Crippen LogP contribution >= 0.6 is 27.3 Å². The predicted molar refractivity (Wildman–Crippen MR) is 89.6 cm³/mol. The SMILES string of the molecule is Cc1ccc(NC(C)c2cc(Br)cs2)cc1N(C)C. The molecular formula is C15H19BrN2S. The summed E-state index contributed by atoms with van der Waals surface area (Å²) in [6, 6.07) is 8.99. The fraction of sp³-hybridized carbons (Fsp3) is 0.333. The zero-order valence-corrected chi connectivity index (χ0v) is 14.1. The zero-order chi connectivity index (χ0) is 14.0. The molecule has 2 aromatic rings. The summed E-state index contributed by atoms with van der Waals surface area (Å²) >= 11 is 5.27. The highest BCUT2D eigenvalue weighted by atomic mass is 79.9. The van der Waals surface area contributed by atoms with Gasteiger partial charge < -0.3 is 10.2 Å². The number of nitrogens with one attached hydrogen (secondary N) is 1. The van der Waals surface area contributed by atoms with Crippen LogP contribution < -0.4 is 10.2 Å². The van der Waals surface area contributed by atoms with Gasteiger partial charge in [0.2, 0.25) is 0 Å². The topological polar surface area (TPSA) is 15.3 Å². The van der Waals surface area contributed by atoms with Crippen LogP contribution in [0.3, 0.4) is 0 Å². The van der Waals surface area contributed by atoms with E-state index in [1.807, 2.05) is 0 Å². The van der Waals surface area contributed by atoms with E-state index in [2.05, 4.69) is 83.7 Å². The van der Waals surface area contributed by atoms with E-state index in [1.165, 1.54) is 16.1 Å². The number of thiophene rings is 1. The summed E-state index contributed by atoms with van der Waals surface area (Å²) in [5, 5.41) is 5.68. The molecule has 1 aromatic carbocycles. The molecule has 102 valence electrons. The Bertz CT molecular complexity index is 563. The largest absolute Gasteiger partial charge is 0.378 e. The Hall–Kier alpha value is -1.00. The minimum absolute atomic E-state index is 0.314. The standard InChI is InChI=1S/C15H19BrN2S/c1-10-5-6-13(8-14(10)18(3)4)17-11(2)15-7-12(16)9-19-15/h5-9,11,17H,1-4H3. The van der Waals surface area contributed by atoms with Gasteiger partial charge in [-0.25, -0.2) is 0 Å². The van der Waals surface area contributed by atoms with Gasteiger partial charge in [0.25, 0.3) is 0 Å². The van der Waals surface area contributed by atoms with Crippen molar-refractivity contribution in [3.8, 4) is 0 Å². The maximum Gasteiger partial charge on any atom is 0.0578 e. The molecule has 2 rings (SSSR count). The quantitative estimate of drug-likeness (QED) is 0.838. The van der Waals surface area contributed by atoms with Crippen molar-refractivity contribution < 1.29 is 0 Å². The van der Waals surface area contributed by atoms with Gasteiger partial charge in [-0.3, -0.25) is 0 Å². The van der Waals surface area contributed by atoms with Crippen molar-refractivity contribution in [2.75, 3.05) is 24.3 Å². The first-order valence-electron chi connectivity index (χ1n) is 6.26. The molecule has 19 heavy (non-hydrogen) atoms. The molecule has 0 amide bonds. The van der Waals surface area contributed by atoms with Crippen molar-refractivity contribution in [1.29, 1.82) is 0 Å². The van der Waals surface area contributed by atoms with Gasteiger partial charge in [-0.2, -0.15) is 0 Å². The third-order valence-corrected chi connectivity index (χ3v) is 4.96. The molecule has 0 bridgehead atoms. The molecule has 1 heterocycles. The molecule has 2 nitrogen and oxygen atoms in total. The summed E-state index contributed by atoms with van der Waals surface area (Å²) in [7, 11) is 4.15. The van der Waals surface area contributed by atoms with Gasteiger partial charge in [0.05, 0.1) is 6.04 Å². The summed E-state index contributed by atoms with van der Waals surface area (Å²) in [5.74, 6) is 0. The zero-order valence-electron chi connectivity index (χ0n) is 11.7. The number of hydrogen-bond acceptors (Lipinski definition) is 3. The summed E-state index contributed by atoms with van der Waals surface area (Å²) in [5.41, 5.74) is 3.71. The average Bonchev–Trinajstić information content (AvgIpc) is 2.78. The third-order valence-electron chi connectivity index (χ3n) is 3.09. The molecule has 1 unspecified atom stereocenters. The van der Waals surface area contributed by atoms with Crippen molar-refractivity contribution >= 4 is 38.6 Å². The highest BCUT2D eigenvalue weighted by Crippen LogP contribution is 2.29. The maximum atomic E-state index is 3.56. The van der Waals surface area contributed by atoms with Gasteiger partial charge in [0.15, 0.2) is 0 Å². The maximum absolute atomic E-state index is 3.56. The van der Waals surface area contributed by atoms with E-state index in [-0.39, 0.29) is 0 Å². The van der Waals surface area contributed by atoms with E-state index in [9.17, 15) is 0 Å². The molecule has 1 N–H and O–H groups in total. The molecule has 1 atom stereocenters. The van der Waals surface area contributed by atoms with Crippen molar-refractivity contribution in [1.82, 2.24) is 0 Å². The van der Waals surface area contributed by atoms with E-state index < -0.39 is 0 Å². The molecule has 0 fully saturated rings. The van der Waals surface area contributed by atoms with Crippen LogP contribution in [0.25, 0.3) is 0 Å². The second kappa shape index (κ2) is 5.97. The molecule has 1 aromatic heterocycles. The van der Waals surface area contributed by atoms with E-state index in [4.69, 9.17) is 0 Å². The number of benzene rings is 1. The molecule has 0 saturated heterocycles. The second-order valence-electron chi connectivity index (χ2n) is 4.93. The monoisotopic (exact) mass is 338 g/mol. The number of rotatable bonds is 4. The number of halogens is 1. The number of aryl methyl sites for hydroxylation is 1. The fourth-order valence-corrected chi connectivity index (χ4v) is 3.51. The lowest BCUT2D eigenvalue weighted by Crippen LogP contribution is -2.11. The van der Waals surface area contributed by atoms with Gasteiger partial charge in [-0.1, -0.05) is 6.07 Å². The average molecular weight is 339 g/mol. The van der Waals surface area contributed by atoms with E-state index in [0.717, 1.165) is 10.2 Å². The van der Waals surface area contributed by atoms with Gasteiger partial charge in [-0.15, -0.1) is 11.3 Å². The van der Waals surface area contributed by atoms with Crippen molar-refractivity contribution in [2.45, 2.75) is 19.9 Å². The van der Waals surface area contributed by atoms with Crippen LogP contribution in [-0.4, -0.2) is 14.1 Å². The van der Waals surface area contributed by atoms with Crippen molar-refractivity contribution in [3.63, 3.8) is 0 Å². The lowest BCUT2D eigenvalue weighted by Gasteiger charge is -2.19.